The molecule has 6 heteroatoms. The Bertz CT molecular complexity index is 650. The third kappa shape index (κ3) is 5.96. The number of likely N-dealkylation sites (tertiary alicyclic amines) is 1. The van der Waals surface area contributed by atoms with Crippen LogP contribution in [-0.2, 0) is 9.53 Å². The number of amides is 2. The van der Waals surface area contributed by atoms with E-state index >= 15 is 0 Å². The Morgan fingerprint density at radius 1 is 1.26 bits per heavy atom. The molecule has 1 fully saturated rings. The molecule has 1 aromatic rings. The largest absolute Gasteiger partial charge is 0.444 e. The highest BCUT2D eigenvalue weighted by Gasteiger charge is 2.36. The molecule has 1 aromatic carbocycles. The monoisotopic (exact) mass is 375 g/mol. The average Bonchev–Trinajstić information content (AvgIpc) is 3.04. The van der Waals surface area contributed by atoms with Crippen LogP contribution in [0.3, 0.4) is 0 Å². The van der Waals surface area contributed by atoms with Crippen molar-refractivity contribution >= 4 is 12.0 Å². The predicted octanol–water partition coefficient (Wildman–Crippen LogP) is 3.11. The molecular weight excluding hydrogens is 342 g/mol. The molecule has 0 saturated carbocycles. The molecule has 1 aliphatic rings. The van der Waals surface area contributed by atoms with Crippen molar-refractivity contribution < 1.29 is 14.3 Å². The van der Waals surface area contributed by atoms with Crippen LogP contribution in [0.15, 0.2) is 24.3 Å². The van der Waals surface area contributed by atoms with Crippen molar-refractivity contribution in [3.63, 3.8) is 0 Å². The van der Waals surface area contributed by atoms with Crippen LogP contribution in [0.25, 0.3) is 0 Å². The Labute approximate surface area is 162 Å². The lowest BCUT2D eigenvalue weighted by Crippen LogP contribution is -2.48. The fourth-order valence-electron chi connectivity index (χ4n) is 3.28. The quantitative estimate of drug-likeness (QED) is 0.859. The van der Waals surface area contributed by atoms with E-state index in [1.807, 2.05) is 34.9 Å². The van der Waals surface area contributed by atoms with E-state index in [-0.39, 0.29) is 11.9 Å². The van der Waals surface area contributed by atoms with Gasteiger partial charge < -0.3 is 15.0 Å². The average molecular weight is 376 g/mol. The zero-order chi connectivity index (χ0) is 20.2. The molecule has 1 N–H and O–H groups in total. The summed E-state index contributed by atoms with van der Waals surface area (Å²) in [7, 11) is 4.00. The topological polar surface area (TPSA) is 61.9 Å². The van der Waals surface area contributed by atoms with E-state index in [1.54, 1.807) is 4.90 Å². The molecule has 0 spiro atoms. The Hall–Kier alpha value is -2.08. The smallest absolute Gasteiger partial charge is 0.410 e. The van der Waals surface area contributed by atoms with Gasteiger partial charge in [0, 0.05) is 13.1 Å². The predicted molar refractivity (Wildman–Crippen MR) is 107 cm³/mol. The third-order valence-electron chi connectivity index (χ3n) is 4.74. The third-order valence-corrected chi connectivity index (χ3v) is 4.74. The zero-order valence-corrected chi connectivity index (χ0v) is 17.4. The van der Waals surface area contributed by atoms with Gasteiger partial charge in [-0.25, -0.2) is 4.79 Å². The molecule has 0 aliphatic carbocycles. The summed E-state index contributed by atoms with van der Waals surface area (Å²) in [4.78, 5) is 28.8. The minimum atomic E-state index is -0.567. The van der Waals surface area contributed by atoms with E-state index in [1.165, 1.54) is 5.56 Å². The number of aryl methyl sites for hydroxylation is 1. The van der Waals surface area contributed by atoms with Gasteiger partial charge in [0.05, 0.1) is 6.04 Å². The highest BCUT2D eigenvalue weighted by molar-refractivity contribution is 5.86. The number of rotatable bonds is 5. The highest BCUT2D eigenvalue weighted by Crippen LogP contribution is 2.22. The number of hydrogen-bond acceptors (Lipinski definition) is 4. The van der Waals surface area contributed by atoms with Crippen molar-refractivity contribution in [2.75, 3.05) is 27.2 Å². The fraction of sp³-hybridized carbons (Fsp3) is 0.619. The van der Waals surface area contributed by atoms with E-state index in [0.717, 1.165) is 12.0 Å². The van der Waals surface area contributed by atoms with Crippen LogP contribution in [0.1, 0.15) is 50.8 Å². The number of benzene rings is 1. The Morgan fingerprint density at radius 2 is 1.89 bits per heavy atom. The van der Waals surface area contributed by atoms with Crippen molar-refractivity contribution in [3.8, 4) is 0 Å². The van der Waals surface area contributed by atoms with Crippen molar-refractivity contribution in [1.82, 2.24) is 15.1 Å². The maximum absolute atomic E-state index is 12.8. The van der Waals surface area contributed by atoms with Crippen LogP contribution < -0.4 is 5.32 Å². The van der Waals surface area contributed by atoms with Crippen LogP contribution in [0.2, 0.25) is 0 Å². The van der Waals surface area contributed by atoms with Gasteiger partial charge in [-0.05, 0) is 60.2 Å². The Balaban J connectivity index is 2.00. The summed E-state index contributed by atoms with van der Waals surface area (Å²) in [5, 5.41) is 3.04. The van der Waals surface area contributed by atoms with E-state index < -0.39 is 17.7 Å². The first-order valence-electron chi connectivity index (χ1n) is 9.59. The SMILES string of the molecule is Cc1ccc(C(CNC(=O)C2CCCN2C(=O)OC(C)(C)C)N(C)C)cc1. The van der Waals surface area contributed by atoms with Gasteiger partial charge in [-0.3, -0.25) is 9.69 Å². The zero-order valence-electron chi connectivity index (χ0n) is 17.4. The molecule has 0 aromatic heterocycles. The van der Waals surface area contributed by atoms with Gasteiger partial charge in [-0.2, -0.15) is 0 Å². The van der Waals surface area contributed by atoms with E-state index in [9.17, 15) is 9.59 Å². The molecule has 27 heavy (non-hydrogen) atoms. The first kappa shape index (κ1) is 21.2. The molecule has 2 unspecified atom stereocenters. The molecule has 1 aliphatic heterocycles. The van der Waals surface area contributed by atoms with Crippen LogP contribution in [0, 0.1) is 6.92 Å². The number of hydrogen-bond donors (Lipinski definition) is 1. The number of nitrogens with one attached hydrogen (secondary N) is 1. The standard InChI is InChI=1S/C21H33N3O3/c1-15-9-11-16(12-10-15)18(23(5)6)14-22-19(25)17-8-7-13-24(17)20(26)27-21(2,3)4/h9-12,17-18H,7-8,13-14H2,1-6H3,(H,22,25). The minimum absolute atomic E-state index is 0.0749. The lowest BCUT2D eigenvalue weighted by Gasteiger charge is -2.29. The molecule has 1 saturated heterocycles. The van der Waals surface area contributed by atoms with Gasteiger partial charge in [-0.15, -0.1) is 0 Å². The molecule has 150 valence electrons. The number of carbonyl (C=O) groups is 2. The second kappa shape index (κ2) is 8.74. The molecule has 6 nitrogen and oxygen atoms in total. The first-order valence-corrected chi connectivity index (χ1v) is 9.59. The summed E-state index contributed by atoms with van der Waals surface area (Å²) in [5.74, 6) is -0.114. The lowest BCUT2D eigenvalue weighted by molar-refractivity contribution is -0.125. The molecule has 0 radical (unpaired) electrons. The summed E-state index contributed by atoms with van der Waals surface area (Å²) < 4.78 is 5.45. The lowest BCUT2D eigenvalue weighted by atomic mass is 10.0. The fourth-order valence-corrected chi connectivity index (χ4v) is 3.28. The molecule has 2 atom stereocenters. The highest BCUT2D eigenvalue weighted by atomic mass is 16.6. The van der Waals surface area contributed by atoms with Gasteiger partial charge >= 0.3 is 6.09 Å². The van der Waals surface area contributed by atoms with Crippen molar-refractivity contribution in [1.29, 1.82) is 0 Å². The summed E-state index contributed by atoms with van der Waals surface area (Å²) in [6.07, 6.45) is 1.07. The second-order valence-corrected chi connectivity index (χ2v) is 8.47. The van der Waals surface area contributed by atoms with Gasteiger partial charge in [0.25, 0.3) is 0 Å². The number of likely N-dealkylation sites (N-methyl/N-ethyl adjacent to an activating group) is 1. The molecule has 2 amide bonds. The summed E-state index contributed by atoms with van der Waals surface area (Å²) in [5.41, 5.74) is 1.79. The van der Waals surface area contributed by atoms with Crippen LogP contribution in [0.5, 0.6) is 0 Å². The van der Waals surface area contributed by atoms with Crippen LogP contribution in [-0.4, -0.2) is 60.6 Å². The van der Waals surface area contributed by atoms with E-state index in [0.29, 0.717) is 19.5 Å². The first-order chi connectivity index (χ1) is 12.6. The Kier molecular flexibility index (Phi) is 6.87. The van der Waals surface area contributed by atoms with E-state index in [4.69, 9.17) is 4.74 Å². The maximum Gasteiger partial charge on any atom is 0.410 e. The van der Waals surface area contributed by atoms with Crippen LogP contribution in [0.4, 0.5) is 4.79 Å². The second-order valence-electron chi connectivity index (χ2n) is 8.47. The molecular formula is C21H33N3O3. The minimum Gasteiger partial charge on any atom is -0.444 e. The molecule has 1 heterocycles. The summed E-state index contributed by atoms with van der Waals surface area (Å²) in [6.45, 7) is 8.61. The van der Waals surface area contributed by atoms with Gasteiger partial charge in [-0.1, -0.05) is 29.8 Å². The van der Waals surface area contributed by atoms with Crippen LogP contribution >= 0.6 is 0 Å². The van der Waals surface area contributed by atoms with Crippen molar-refractivity contribution in [2.24, 2.45) is 0 Å². The van der Waals surface area contributed by atoms with Crippen molar-refractivity contribution in [2.45, 2.75) is 58.2 Å². The molecule has 2 rings (SSSR count). The normalized spacial score (nSPS) is 18.5. The summed E-state index contributed by atoms with van der Waals surface area (Å²) >= 11 is 0. The van der Waals surface area contributed by atoms with Crippen molar-refractivity contribution in [3.05, 3.63) is 35.4 Å². The van der Waals surface area contributed by atoms with E-state index in [2.05, 4.69) is 41.4 Å². The van der Waals surface area contributed by atoms with Gasteiger partial charge in [0.1, 0.15) is 11.6 Å². The molecule has 0 bridgehead atoms. The summed E-state index contributed by atoms with van der Waals surface area (Å²) in [6, 6.07) is 7.96. The number of carbonyl (C=O) groups excluding carboxylic acids is 2. The number of nitrogens with zero attached hydrogens (tertiary/aromatic N) is 2. The van der Waals surface area contributed by atoms with Gasteiger partial charge in [0.15, 0.2) is 0 Å². The maximum atomic E-state index is 12.8. The Morgan fingerprint density at radius 3 is 2.44 bits per heavy atom. The van der Waals surface area contributed by atoms with Gasteiger partial charge in [0.2, 0.25) is 5.91 Å². The number of ether oxygens (including phenoxy) is 1.